The minimum Gasteiger partial charge on any atom is -0.311 e. The highest BCUT2D eigenvalue weighted by molar-refractivity contribution is 5.92. The number of rotatable bonds is 4. The first-order valence-electron chi connectivity index (χ1n) is 5.86. The Morgan fingerprint density at radius 3 is 2.89 bits per heavy atom. The molecule has 0 unspecified atom stereocenters. The molecule has 0 bridgehead atoms. The predicted molar refractivity (Wildman–Crippen MR) is 66.7 cm³/mol. The molecule has 0 aliphatic carbocycles. The number of benzene rings is 1. The third-order valence-corrected chi connectivity index (χ3v) is 2.75. The molecule has 2 aromatic rings. The number of aromatic nitrogens is 2. The Morgan fingerprint density at radius 2 is 2.16 bits per heavy atom. The van der Waals surface area contributed by atoms with Gasteiger partial charge in [0.1, 0.15) is 5.82 Å². The van der Waals surface area contributed by atoms with Crippen LogP contribution in [0.25, 0.3) is 0 Å². The maximum Gasteiger partial charge on any atom is 0.230 e. The van der Waals surface area contributed by atoms with Crippen LogP contribution >= 0.6 is 0 Å². The number of halogens is 2. The van der Waals surface area contributed by atoms with Gasteiger partial charge in [-0.05, 0) is 12.5 Å². The van der Waals surface area contributed by atoms with Crippen LogP contribution in [0, 0.1) is 11.6 Å². The summed E-state index contributed by atoms with van der Waals surface area (Å²) >= 11 is 0. The number of nitrogens with zero attached hydrogens (tertiary/aromatic N) is 1. The Balaban J connectivity index is 2.08. The van der Waals surface area contributed by atoms with Crippen LogP contribution in [-0.2, 0) is 17.6 Å². The standard InChI is InChI=1S/C13H13F2N3O/c1-2-8-7-16-18-13(8)17-11(19)6-9-4-3-5-10(14)12(9)15/h3-5,7H,2,6H2,1H3,(H2,16,17,18,19). The van der Waals surface area contributed by atoms with Crippen molar-refractivity contribution in [2.24, 2.45) is 0 Å². The number of hydrogen-bond donors (Lipinski definition) is 2. The van der Waals surface area contributed by atoms with Gasteiger partial charge in [0.15, 0.2) is 11.6 Å². The fraction of sp³-hybridized carbons (Fsp3) is 0.231. The van der Waals surface area contributed by atoms with E-state index in [0.717, 1.165) is 11.6 Å². The maximum absolute atomic E-state index is 13.4. The molecule has 4 nitrogen and oxygen atoms in total. The molecule has 2 rings (SSSR count). The number of carbonyl (C=O) groups excluding carboxylic acids is 1. The number of amides is 1. The molecular weight excluding hydrogens is 252 g/mol. The average Bonchev–Trinajstić information content (AvgIpc) is 2.82. The largest absolute Gasteiger partial charge is 0.311 e. The number of H-pyrrole nitrogens is 1. The lowest BCUT2D eigenvalue weighted by molar-refractivity contribution is -0.115. The van der Waals surface area contributed by atoms with Crippen molar-refractivity contribution in [1.29, 1.82) is 0 Å². The summed E-state index contributed by atoms with van der Waals surface area (Å²) in [5, 5.41) is 9.05. The van der Waals surface area contributed by atoms with Crippen molar-refractivity contribution >= 4 is 11.7 Å². The SMILES string of the molecule is CCc1cn[nH]c1NC(=O)Cc1cccc(F)c1F. The van der Waals surface area contributed by atoms with Crippen molar-refractivity contribution in [2.75, 3.05) is 5.32 Å². The molecule has 0 aliphatic rings. The highest BCUT2D eigenvalue weighted by Crippen LogP contribution is 2.14. The van der Waals surface area contributed by atoms with Gasteiger partial charge in [0.2, 0.25) is 5.91 Å². The summed E-state index contributed by atoms with van der Waals surface area (Å²) in [6.45, 7) is 1.92. The quantitative estimate of drug-likeness (QED) is 0.892. The topological polar surface area (TPSA) is 57.8 Å². The summed E-state index contributed by atoms with van der Waals surface area (Å²) in [6.07, 6.45) is 2.09. The van der Waals surface area contributed by atoms with Gasteiger partial charge >= 0.3 is 0 Å². The van der Waals surface area contributed by atoms with Crippen LogP contribution in [-0.4, -0.2) is 16.1 Å². The van der Waals surface area contributed by atoms with Crippen LogP contribution in [0.1, 0.15) is 18.1 Å². The van der Waals surface area contributed by atoms with Gasteiger partial charge in [-0.2, -0.15) is 5.10 Å². The van der Waals surface area contributed by atoms with Crippen LogP contribution in [0.3, 0.4) is 0 Å². The number of nitrogens with one attached hydrogen (secondary N) is 2. The van der Waals surface area contributed by atoms with Crippen molar-refractivity contribution in [3.63, 3.8) is 0 Å². The molecule has 2 N–H and O–H groups in total. The number of aryl methyl sites for hydroxylation is 1. The second kappa shape index (κ2) is 5.60. The number of aromatic amines is 1. The summed E-state index contributed by atoms with van der Waals surface area (Å²) in [4.78, 5) is 11.8. The van der Waals surface area contributed by atoms with Crippen LogP contribution in [0.2, 0.25) is 0 Å². The van der Waals surface area contributed by atoms with Gasteiger partial charge in [-0.3, -0.25) is 9.89 Å². The Labute approximate surface area is 108 Å². The normalized spacial score (nSPS) is 10.5. The molecule has 0 saturated carbocycles. The van der Waals surface area contributed by atoms with E-state index in [1.807, 2.05) is 6.92 Å². The highest BCUT2D eigenvalue weighted by atomic mass is 19.2. The first kappa shape index (κ1) is 13.2. The first-order chi connectivity index (χ1) is 9.11. The molecule has 1 amide bonds. The summed E-state index contributed by atoms with van der Waals surface area (Å²) in [6, 6.07) is 3.77. The van der Waals surface area contributed by atoms with E-state index in [-0.39, 0.29) is 12.0 Å². The maximum atomic E-state index is 13.4. The zero-order valence-corrected chi connectivity index (χ0v) is 10.3. The summed E-state index contributed by atoms with van der Waals surface area (Å²) in [5.41, 5.74) is 0.878. The molecular formula is C13H13F2N3O. The molecule has 6 heteroatoms. The van der Waals surface area contributed by atoms with Gasteiger partial charge in [0.05, 0.1) is 12.6 Å². The number of carbonyl (C=O) groups is 1. The minimum absolute atomic E-state index is 0.0232. The Hall–Kier alpha value is -2.24. The van der Waals surface area contributed by atoms with E-state index in [1.54, 1.807) is 6.20 Å². The van der Waals surface area contributed by atoms with Crippen molar-refractivity contribution < 1.29 is 13.6 Å². The van der Waals surface area contributed by atoms with Gasteiger partial charge < -0.3 is 5.32 Å². The van der Waals surface area contributed by atoms with Gasteiger partial charge in [0, 0.05) is 11.1 Å². The third kappa shape index (κ3) is 2.96. The summed E-state index contributed by atoms with van der Waals surface area (Å²) < 4.78 is 26.4. The predicted octanol–water partition coefficient (Wildman–Crippen LogP) is 2.43. The zero-order chi connectivity index (χ0) is 13.8. The molecule has 1 heterocycles. The molecule has 0 fully saturated rings. The Bertz CT molecular complexity index is 595. The van der Waals surface area contributed by atoms with E-state index >= 15 is 0 Å². The number of hydrogen-bond acceptors (Lipinski definition) is 2. The van der Waals surface area contributed by atoms with E-state index in [2.05, 4.69) is 15.5 Å². The van der Waals surface area contributed by atoms with Crippen LogP contribution in [0.5, 0.6) is 0 Å². The second-order valence-electron chi connectivity index (χ2n) is 4.06. The summed E-state index contributed by atoms with van der Waals surface area (Å²) in [7, 11) is 0. The summed E-state index contributed by atoms with van der Waals surface area (Å²) in [5.74, 6) is -1.88. The van der Waals surface area contributed by atoms with E-state index in [4.69, 9.17) is 0 Å². The molecule has 19 heavy (non-hydrogen) atoms. The van der Waals surface area contributed by atoms with Crippen molar-refractivity contribution in [3.8, 4) is 0 Å². The van der Waals surface area contributed by atoms with Crippen molar-refractivity contribution in [3.05, 3.63) is 47.2 Å². The molecule has 0 aliphatic heterocycles. The molecule has 1 aromatic heterocycles. The molecule has 0 saturated heterocycles. The second-order valence-corrected chi connectivity index (χ2v) is 4.06. The van der Waals surface area contributed by atoms with E-state index in [9.17, 15) is 13.6 Å². The van der Waals surface area contributed by atoms with Gasteiger partial charge in [-0.1, -0.05) is 19.1 Å². The lowest BCUT2D eigenvalue weighted by Gasteiger charge is -2.06. The smallest absolute Gasteiger partial charge is 0.230 e. The van der Waals surface area contributed by atoms with Crippen molar-refractivity contribution in [1.82, 2.24) is 10.2 Å². The molecule has 0 radical (unpaired) electrons. The Morgan fingerprint density at radius 1 is 1.37 bits per heavy atom. The lowest BCUT2D eigenvalue weighted by atomic mass is 10.1. The van der Waals surface area contributed by atoms with E-state index in [0.29, 0.717) is 12.2 Å². The zero-order valence-electron chi connectivity index (χ0n) is 10.3. The fourth-order valence-electron chi connectivity index (χ4n) is 1.73. The number of anilines is 1. The average molecular weight is 265 g/mol. The van der Waals surface area contributed by atoms with Crippen molar-refractivity contribution in [2.45, 2.75) is 19.8 Å². The Kier molecular flexibility index (Phi) is 3.89. The monoisotopic (exact) mass is 265 g/mol. The van der Waals surface area contributed by atoms with Crippen LogP contribution < -0.4 is 5.32 Å². The van der Waals surface area contributed by atoms with Gasteiger partial charge in [-0.15, -0.1) is 0 Å². The van der Waals surface area contributed by atoms with Crippen LogP contribution in [0.4, 0.5) is 14.6 Å². The first-order valence-corrected chi connectivity index (χ1v) is 5.86. The molecule has 100 valence electrons. The molecule has 1 aromatic carbocycles. The van der Waals surface area contributed by atoms with Gasteiger partial charge in [-0.25, -0.2) is 8.78 Å². The van der Waals surface area contributed by atoms with Crippen LogP contribution in [0.15, 0.2) is 24.4 Å². The third-order valence-electron chi connectivity index (χ3n) is 2.75. The molecule has 0 spiro atoms. The lowest BCUT2D eigenvalue weighted by Crippen LogP contribution is -2.16. The van der Waals surface area contributed by atoms with E-state index in [1.165, 1.54) is 12.1 Å². The van der Waals surface area contributed by atoms with Gasteiger partial charge in [0.25, 0.3) is 0 Å². The highest BCUT2D eigenvalue weighted by Gasteiger charge is 2.13. The fourth-order valence-corrected chi connectivity index (χ4v) is 1.73. The minimum atomic E-state index is -0.988. The molecule has 0 atom stereocenters. The van der Waals surface area contributed by atoms with E-state index < -0.39 is 17.5 Å².